The SMILES string of the molecule is CCCC(CC1CCCC1)C(=O)N1CCC(C)(CN)C1.Cl. The third kappa shape index (κ3) is 4.85. The quantitative estimate of drug-likeness (QED) is 0.813. The fourth-order valence-corrected chi connectivity index (χ4v) is 3.98. The van der Waals surface area contributed by atoms with E-state index in [9.17, 15) is 4.79 Å². The van der Waals surface area contributed by atoms with Gasteiger partial charge in [0.1, 0.15) is 0 Å². The molecule has 1 aliphatic carbocycles. The molecular formula is C17H33ClN2O. The number of carbonyl (C=O) groups excluding carboxylic acids is 1. The predicted octanol–water partition coefficient (Wildman–Crippen LogP) is 3.60. The Morgan fingerprint density at radius 1 is 1.38 bits per heavy atom. The van der Waals surface area contributed by atoms with Gasteiger partial charge in [-0.3, -0.25) is 4.79 Å². The lowest BCUT2D eigenvalue weighted by Gasteiger charge is -2.27. The maximum absolute atomic E-state index is 12.8. The van der Waals surface area contributed by atoms with Gasteiger partial charge in [0.2, 0.25) is 5.91 Å². The Morgan fingerprint density at radius 2 is 2.05 bits per heavy atom. The van der Waals surface area contributed by atoms with Crippen LogP contribution in [0.25, 0.3) is 0 Å². The highest BCUT2D eigenvalue weighted by molar-refractivity contribution is 5.85. The van der Waals surface area contributed by atoms with E-state index in [1.807, 2.05) is 0 Å². The zero-order valence-corrected chi connectivity index (χ0v) is 14.6. The molecule has 0 bridgehead atoms. The van der Waals surface area contributed by atoms with Gasteiger partial charge in [0.05, 0.1) is 0 Å². The molecule has 124 valence electrons. The molecule has 2 atom stereocenters. The van der Waals surface area contributed by atoms with Crippen LogP contribution in [0.3, 0.4) is 0 Å². The van der Waals surface area contributed by atoms with Crippen LogP contribution in [0.5, 0.6) is 0 Å². The van der Waals surface area contributed by atoms with E-state index in [4.69, 9.17) is 5.73 Å². The molecule has 1 heterocycles. The van der Waals surface area contributed by atoms with Crippen molar-refractivity contribution in [1.82, 2.24) is 4.90 Å². The number of hydrogen-bond donors (Lipinski definition) is 1. The summed E-state index contributed by atoms with van der Waals surface area (Å²) >= 11 is 0. The smallest absolute Gasteiger partial charge is 0.225 e. The van der Waals surface area contributed by atoms with Crippen molar-refractivity contribution in [1.29, 1.82) is 0 Å². The van der Waals surface area contributed by atoms with E-state index >= 15 is 0 Å². The largest absolute Gasteiger partial charge is 0.342 e. The summed E-state index contributed by atoms with van der Waals surface area (Å²) in [6.45, 7) is 6.89. The number of amides is 1. The first-order valence-electron chi connectivity index (χ1n) is 8.57. The predicted molar refractivity (Wildman–Crippen MR) is 90.6 cm³/mol. The Morgan fingerprint density at radius 3 is 2.57 bits per heavy atom. The third-order valence-corrected chi connectivity index (χ3v) is 5.44. The molecule has 2 fully saturated rings. The molecule has 3 nitrogen and oxygen atoms in total. The topological polar surface area (TPSA) is 46.3 Å². The normalized spacial score (nSPS) is 27.7. The number of nitrogens with two attached hydrogens (primary N) is 1. The van der Waals surface area contributed by atoms with Crippen LogP contribution in [-0.2, 0) is 4.79 Å². The molecule has 0 aromatic heterocycles. The van der Waals surface area contributed by atoms with Crippen LogP contribution in [0.15, 0.2) is 0 Å². The second-order valence-corrected chi connectivity index (χ2v) is 7.40. The molecule has 2 unspecified atom stereocenters. The second-order valence-electron chi connectivity index (χ2n) is 7.40. The average molecular weight is 317 g/mol. The van der Waals surface area contributed by atoms with Crippen molar-refractivity contribution in [3.63, 3.8) is 0 Å². The number of nitrogens with zero attached hydrogens (tertiary/aromatic N) is 1. The van der Waals surface area contributed by atoms with Crippen molar-refractivity contribution in [2.75, 3.05) is 19.6 Å². The van der Waals surface area contributed by atoms with Gasteiger partial charge in [-0.05, 0) is 37.1 Å². The highest BCUT2D eigenvalue weighted by Gasteiger charge is 2.37. The van der Waals surface area contributed by atoms with Crippen molar-refractivity contribution in [2.45, 2.75) is 65.2 Å². The Bertz CT molecular complexity index is 331. The molecule has 1 aliphatic heterocycles. The van der Waals surface area contributed by atoms with E-state index in [1.165, 1.54) is 25.7 Å². The molecule has 1 saturated carbocycles. The fraction of sp³-hybridized carbons (Fsp3) is 0.941. The third-order valence-electron chi connectivity index (χ3n) is 5.44. The number of likely N-dealkylation sites (tertiary alicyclic amines) is 1. The lowest BCUT2D eigenvalue weighted by molar-refractivity contribution is -0.135. The van der Waals surface area contributed by atoms with Crippen LogP contribution < -0.4 is 5.73 Å². The Balaban J connectivity index is 0.00000220. The van der Waals surface area contributed by atoms with Gasteiger partial charge < -0.3 is 10.6 Å². The first-order valence-corrected chi connectivity index (χ1v) is 8.57. The van der Waals surface area contributed by atoms with Gasteiger partial charge in [-0.1, -0.05) is 46.0 Å². The molecular weight excluding hydrogens is 284 g/mol. The van der Waals surface area contributed by atoms with Gasteiger partial charge in [0.15, 0.2) is 0 Å². The van der Waals surface area contributed by atoms with Crippen LogP contribution in [-0.4, -0.2) is 30.4 Å². The maximum atomic E-state index is 12.8. The summed E-state index contributed by atoms with van der Waals surface area (Å²) in [7, 11) is 0. The van der Waals surface area contributed by atoms with Crippen molar-refractivity contribution in [3.05, 3.63) is 0 Å². The van der Waals surface area contributed by atoms with Gasteiger partial charge in [0.25, 0.3) is 0 Å². The summed E-state index contributed by atoms with van der Waals surface area (Å²) in [6.07, 6.45) is 9.79. The molecule has 2 aliphatic rings. The van der Waals surface area contributed by atoms with Gasteiger partial charge in [-0.15, -0.1) is 12.4 Å². The van der Waals surface area contributed by atoms with Crippen molar-refractivity contribution >= 4 is 18.3 Å². The van der Waals surface area contributed by atoms with Crippen LogP contribution in [0.1, 0.15) is 65.2 Å². The lowest BCUT2D eigenvalue weighted by Crippen LogP contribution is -2.38. The molecule has 0 aromatic rings. The van der Waals surface area contributed by atoms with Gasteiger partial charge in [-0.2, -0.15) is 0 Å². The summed E-state index contributed by atoms with van der Waals surface area (Å²) in [4.78, 5) is 14.9. The number of hydrogen-bond acceptors (Lipinski definition) is 2. The highest BCUT2D eigenvalue weighted by atomic mass is 35.5. The summed E-state index contributed by atoms with van der Waals surface area (Å²) in [5.41, 5.74) is 6.01. The van der Waals surface area contributed by atoms with E-state index in [-0.39, 0.29) is 23.7 Å². The summed E-state index contributed by atoms with van der Waals surface area (Å²) in [5.74, 6) is 1.48. The van der Waals surface area contributed by atoms with Crippen molar-refractivity contribution < 1.29 is 4.79 Å². The molecule has 2 N–H and O–H groups in total. The molecule has 21 heavy (non-hydrogen) atoms. The van der Waals surface area contributed by atoms with Crippen LogP contribution in [0.4, 0.5) is 0 Å². The molecule has 0 radical (unpaired) electrons. The second kappa shape index (κ2) is 8.38. The molecule has 0 aromatic carbocycles. The van der Waals surface area contributed by atoms with Crippen molar-refractivity contribution in [2.24, 2.45) is 23.0 Å². The molecule has 1 saturated heterocycles. The zero-order chi connectivity index (χ0) is 14.6. The van der Waals surface area contributed by atoms with Gasteiger partial charge >= 0.3 is 0 Å². The lowest BCUT2D eigenvalue weighted by atomic mass is 9.88. The Hall–Kier alpha value is -0.280. The van der Waals surface area contributed by atoms with Crippen molar-refractivity contribution in [3.8, 4) is 0 Å². The number of carbonyl (C=O) groups is 1. The van der Waals surface area contributed by atoms with Crippen LogP contribution >= 0.6 is 12.4 Å². The average Bonchev–Trinajstić information content (AvgIpc) is 3.08. The van der Waals surface area contributed by atoms with Crippen LogP contribution in [0, 0.1) is 17.3 Å². The van der Waals surface area contributed by atoms with Crippen LogP contribution in [0.2, 0.25) is 0 Å². The molecule has 2 rings (SSSR count). The first kappa shape index (κ1) is 18.8. The molecule has 1 amide bonds. The first-order chi connectivity index (χ1) is 9.58. The maximum Gasteiger partial charge on any atom is 0.225 e. The van der Waals surface area contributed by atoms with E-state index < -0.39 is 0 Å². The van der Waals surface area contributed by atoms with E-state index in [0.29, 0.717) is 12.5 Å². The number of halogens is 1. The zero-order valence-electron chi connectivity index (χ0n) is 13.8. The highest BCUT2D eigenvalue weighted by Crippen LogP contribution is 2.35. The van der Waals surface area contributed by atoms with Gasteiger partial charge in [0, 0.05) is 19.0 Å². The van der Waals surface area contributed by atoms with Gasteiger partial charge in [-0.25, -0.2) is 0 Å². The van der Waals surface area contributed by atoms with E-state index in [2.05, 4.69) is 18.7 Å². The summed E-state index contributed by atoms with van der Waals surface area (Å²) in [6, 6.07) is 0. The van der Waals surface area contributed by atoms with E-state index in [0.717, 1.165) is 44.7 Å². The minimum Gasteiger partial charge on any atom is -0.342 e. The fourth-order valence-electron chi connectivity index (χ4n) is 3.98. The number of rotatable bonds is 6. The summed E-state index contributed by atoms with van der Waals surface area (Å²) in [5, 5.41) is 0. The molecule has 0 spiro atoms. The molecule has 4 heteroatoms. The standard InChI is InChI=1S/C17H32N2O.ClH/c1-3-6-15(11-14-7-4-5-8-14)16(20)19-10-9-17(2,12-18)13-19;/h14-15H,3-13,18H2,1-2H3;1H. The summed E-state index contributed by atoms with van der Waals surface area (Å²) < 4.78 is 0. The Kier molecular flexibility index (Phi) is 7.49. The minimum atomic E-state index is 0. The minimum absolute atomic E-state index is 0. The van der Waals surface area contributed by atoms with E-state index in [1.54, 1.807) is 0 Å². The Labute approximate surface area is 136 Å². The monoisotopic (exact) mass is 316 g/mol.